The molecule has 0 saturated carbocycles. The van der Waals surface area contributed by atoms with Crippen molar-refractivity contribution in [3.05, 3.63) is 22.7 Å². The van der Waals surface area contributed by atoms with Crippen LogP contribution in [-0.4, -0.2) is 39.3 Å². The predicted molar refractivity (Wildman–Crippen MR) is 68.1 cm³/mol. The van der Waals surface area contributed by atoms with Gasteiger partial charge in [0.15, 0.2) is 5.82 Å². The first-order valence-corrected chi connectivity index (χ1v) is 7.01. The van der Waals surface area contributed by atoms with Crippen molar-refractivity contribution in [1.29, 1.82) is 0 Å². The highest BCUT2D eigenvalue weighted by Gasteiger charge is 2.19. The first kappa shape index (κ1) is 11.8. The van der Waals surface area contributed by atoms with E-state index in [2.05, 4.69) is 15.0 Å². The Balaban J connectivity index is 1.66. The molecule has 0 unspecified atom stereocenters. The second-order valence-corrected chi connectivity index (χ2v) is 5.34. The molecule has 0 radical (unpaired) electrons. The molecule has 1 fully saturated rings. The van der Waals surface area contributed by atoms with Crippen LogP contribution in [0.4, 0.5) is 0 Å². The predicted octanol–water partition coefficient (Wildman–Crippen LogP) is 1.75. The fourth-order valence-electron chi connectivity index (χ4n) is 2.20. The average Bonchev–Trinajstić information content (AvgIpc) is 2.98. The third-order valence-corrected chi connectivity index (χ3v) is 3.77. The molecule has 6 heteroatoms. The van der Waals surface area contributed by atoms with Gasteiger partial charge in [0.05, 0.1) is 18.2 Å². The number of rotatable bonds is 3. The molecular weight excluding hydrogens is 250 g/mol. The van der Waals surface area contributed by atoms with Gasteiger partial charge in [0.25, 0.3) is 5.89 Å². The first-order chi connectivity index (χ1) is 8.81. The number of aromatic nitrogens is 2. The Morgan fingerprint density at radius 2 is 2.50 bits per heavy atom. The van der Waals surface area contributed by atoms with Crippen molar-refractivity contribution in [2.24, 2.45) is 0 Å². The van der Waals surface area contributed by atoms with Crippen LogP contribution in [0, 0.1) is 0 Å². The Hall–Kier alpha value is -1.24. The third kappa shape index (κ3) is 2.60. The van der Waals surface area contributed by atoms with E-state index in [1.165, 1.54) is 0 Å². The van der Waals surface area contributed by atoms with Crippen molar-refractivity contribution >= 4 is 11.3 Å². The molecular formula is C12H15N3O2S. The van der Waals surface area contributed by atoms with Crippen LogP contribution in [0.3, 0.4) is 0 Å². The summed E-state index contributed by atoms with van der Waals surface area (Å²) in [6, 6.07) is 1.96. The average molecular weight is 265 g/mol. The van der Waals surface area contributed by atoms with E-state index < -0.39 is 0 Å². The van der Waals surface area contributed by atoms with Gasteiger partial charge in [0.1, 0.15) is 0 Å². The molecule has 2 aromatic rings. The largest absolute Gasteiger partial charge is 0.392 e. The molecule has 2 aromatic heterocycles. The van der Waals surface area contributed by atoms with E-state index in [-0.39, 0.29) is 6.10 Å². The van der Waals surface area contributed by atoms with Crippen molar-refractivity contribution < 1.29 is 9.63 Å². The summed E-state index contributed by atoms with van der Waals surface area (Å²) >= 11 is 1.61. The summed E-state index contributed by atoms with van der Waals surface area (Å²) in [5.74, 6) is 1.26. The van der Waals surface area contributed by atoms with Crippen molar-refractivity contribution in [1.82, 2.24) is 15.0 Å². The molecule has 0 aromatic carbocycles. The van der Waals surface area contributed by atoms with Crippen molar-refractivity contribution in [3.8, 4) is 11.5 Å². The highest BCUT2D eigenvalue weighted by Crippen LogP contribution is 2.20. The lowest BCUT2D eigenvalue weighted by molar-refractivity contribution is 0.0651. The Kier molecular flexibility index (Phi) is 3.40. The maximum Gasteiger partial charge on any atom is 0.258 e. The number of aliphatic hydroxyl groups is 1. The molecule has 3 heterocycles. The zero-order valence-electron chi connectivity index (χ0n) is 9.95. The smallest absolute Gasteiger partial charge is 0.258 e. The molecule has 1 atom stereocenters. The number of β-amino-alcohol motifs (C(OH)–C–C–N with tert-alkyl or cyclic N) is 1. The lowest BCUT2D eigenvalue weighted by Gasteiger charge is -2.28. The quantitative estimate of drug-likeness (QED) is 0.916. The molecule has 0 amide bonds. The fraction of sp³-hybridized carbons (Fsp3) is 0.500. The summed E-state index contributed by atoms with van der Waals surface area (Å²) in [6.07, 6.45) is 1.70. The molecule has 1 N–H and O–H groups in total. The van der Waals surface area contributed by atoms with Crippen LogP contribution in [0.25, 0.3) is 11.5 Å². The minimum atomic E-state index is -0.220. The van der Waals surface area contributed by atoms with Crippen LogP contribution < -0.4 is 0 Å². The molecule has 0 bridgehead atoms. The van der Waals surface area contributed by atoms with Gasteiger partial charge in [-0.1, -0.05) is 5.16 Å². The normalized spacial score (nSPS) is 21.3. The van der Waals surface area contributed by atoms with Gasteiger partial charge in [0.2, 0.25) is 0 Å². The molecule has 96 valence electrons. The number of hydrogen-bond donors (Lipinski definition) is 1. The molecule has 0 spiro atoms. The van der Waals surface area contributed by atoms with E-state index in [0.29, 0.717) is 24.8 Å². The first-order valence-electron chi connectivity index (χ1n) is 6.07. The molecule has 1 saturated heterocycles. The van der Waals surface area contributed by atoms with E-state index in [1.54, 1.807) is 11.3 Å². The van der Waals surface area contributed by atoms with Gasteiger partial charge in [0, 0.05) is 11.9 Å². The summed E-state index contributed by atoms with van der Waals surface area (Å²) in [5.41, 5.74) is 0.970. The van der Waals surface area contributed by atoms with Crippen LogP contribution in [0.5, 0.6) is 0 Å². The van der Waals surface area contributed by atoms with Crippen LogP contribution in [-0.2, 0) is 6.54 Å². The number of nitrogens with zero attached hydrogens (tertiary/aromatic N) is 3. The second-order valence-electron chi connectivity index (χ2n) is 4.56. The Morgan fingerprint density at radius 3 is 3.28 bits per heavy atom. The molecule has 0 aliphatic carbocycles. The van der Waals surface area contributed by atoms with Gasteiger partial charge in [-0.3, -0.25) is 4.90 Å². The Morgan fingerprint density at radius 1 is 1.56 bits per heavy atom. The molecule has 18 heavy (non-hydrogen) atoms. The summed E-state index contributed by atoms with van der Waals surface area (Å²) in [5, 5.41) is 17.6. The number of likely N-dealkylation sites (tertiary alicyclic amines) is 1. The maximum atomic E-state index is 9.61. The summed E-state index contributed by atoms with van der Waals surface area (Å²) in [4.78, 5) is 6.54. The lowest BCUT2D eigenvalue weighted by Crippen LogP contribution is -2.37. The zero-order chi connectivity index (χ0) is 12.4. The maximum absolute atomic E-state index is 9.61. The number of thiophene rings is 1. The van der Waals surface area contributed by atoms with E-state index in [1.807, 2.05) is 16.8 Å². The SMILES string of the molecule is O[C@H]1CCCN(Cc2noc(-c3ccsc3)n2)C1. The minimum absolute atomic E-state index is 0.220. The van der Waals surface area contributed by atoms with Crippen LogP contribution in [0.2, 0.25) is 0 Å². The van der Waals surface area contributed by atoms with E-state index in [9.17, 15) is 5.11 Å². The Bertz CT molecular complexity index is 497. The standard InChI is InChI=1S/C12H15N3O2S/c16-10-2-1-4-15(6-10)7-11-13-12(17-14-11)9-3-5-18-8-9/h3,5,8,10,16H,1-2,4,6-7H2/t10-/m0/s1. The van der Waals surface area contributed by atoms with Gasteiger partial charge in [-0.25, -0.2) is 0 Å². The van der Waals surface area contributed by atoms with Crippen LogP contribution in [0.1, 0.15) is 18.7 Å². The van der Waals surface area contributed by atoms with Gasteiger partial charge in [-0.2, -0.15) is 16.3 Å². The highest BCUT2D eigenvalue weighted by atomic mass is 32.1. The van der Waals surface area contributed by atoms with Gasteiger partial charge < -0.3 is 9.63 Å². The number of hydrogen-bond acceptors (Lipinski definition) is 6. The Labute approximate surface area is 109 Å². The zero-order valence-corrected chi connectivity index (χ0v) is 10.8. The number of piperidine rings is 1. The fourth-order valence-corrected chi connectivity index (χ4v) is 2.83. The summed E-state index contributed by atoms with van der Waals surface area (Å²) in [6.45, 7) is 2.33. The third-order valence-electron chi connectivity index (χ3n) is 3.08. The van der Waals surface area contributed by atoms with Crippen LogP contribution in [0.15, 0.2) is 21.3 Å². The molecule has 5 nitrogen and oxygen atoms in total. The second kappa shape index (κ2) is 5.17. The van der Waals surface area contributed by atoms with E-state index >= 15 is 0 Å². The number of aliphatic hydroxyl groups excluding tert-OH is 1. The van der Waals surface area contributed by atoms with Crippen molar-refractivity contribution in [3.63, 3.8) is 0 Å². The van der Waals surface area contributed by atoms with Gasteiger partial charge in [-0.05, 0) is 30.8 Å². The monoisotopic (exact) mass is 265 g/mol. The van der Waals surface area contributed by atoms with E-state index in [0.717, 1.165) is 24.9 Å². The van der Waals surface area contributed by atoms with Crippen molar-refractivity contribution in [2.45, 2.75) is 25.5 Å². The minimum Gasteiger partial charge on any atom is -0.392 e. The highest BCUT2D eigenvalue weighted by molar-refractivity contribution is 7.08. The van der Waals surface area contributed by atoms with Crippen LogP contribution >= 0.6 is 11.3 Å². The van der Waals surface area contributed by atoms with E-state index in [4.69, 9.17) is 4.52 Å². The molecule has 1 aliphatic rings. The molecule has 1 aliphatic heterocycles. The lowest BCUT2D eigenvalue weighted by atomic mass is 10.1. The summed E-state index contributed by atoms with van der Waals surface area (Å²) in [7, 11) is 0. The van der Waals surface area contributed by atoms with Gasteiger partial charge in [-0.15, -0.1) is 0 Å². The topological polar surface area (TPSA) is 62.4 Å². The molecule has 3 rings (SSSR count). The van der Waals surface area contributed by atoms with Gasteiger partial charge >= 0.3 is 0 Å². The van der Waals surface area contributed by atoms with Crippen molar-refractivity contribution in [2.75, 3.05) is 13.1 Å². The summed E-state index contributed by atoms with van der Waals surface area (Å²) < 4.78 is 5.23.